The molecule has 0 unspecified atom stereocenters. The van der Waals surface area contributed by atoms with Crippen molar-refractivity contribution in [1.29, 1.82) is 0 Å². The van der Waals surface area contributed by atoms with E-state index in [1.54, 1.807) is 31.2 Å². The summed E-state index contributed by atoms with van der Waals surface area (Å²) in [5.74, 6) is 0.423. The van der Waals surface area contributed by atoms with Gasteiger partial charge in [0, 0.05) is 40.7 Å². The Kier molecular flexibility index (Phi) is 7.59. The highest BCUT2D eigenvalue weighted by atomic mass is 32.2. The lowest BCUT2D eigenvalue weighted by Crippen LogP contribution is -2.27. The molecule has 0 saturated heterocycles. The molecule has 0 fully saturated rings. The van der Waals surface area contributed by atoms with Crippen molar-refractivity contribution in [2.45, 2.75) is 31.7 Å². The van der Waals surface area contributed by atoms with E-state index in [2.05, 4.69) is 25.6 Å². The van der Waals surface area contributed by atoms with Gasteiger partial charge in [-0.15, -0.1) is 10.2 Å². The molecule has 0 aliphatic rings. The molecule has 4 aromatic carbocycles. The van der Waals surface area contributed by atoms with Crippen LogP contribution in [-0.2, 0) is 14.8 Å². The standard InChI is InChI=1S/C31H29N5O3S/c1-20-13-14-24(19-29(20)40(38,39)36-21(2)23-9-5-4-6-10-23)30-27-11-7-8-12-28(27)31(35-34-30)33-26-17-15-25(16-18-26)32-22(3)37/h4-19,21,36H,1-3H3,(H,32,37)(H,33,35)/t21-/m0/s1. The van der Waals surface area contributed by atoms with Crippen molar-refractivity contribution in [3.05, 3.63) is 108 Å². The zero-order valence-corrected chi connectivity index (χ0v) is 23.2. The van der Waals surface area contributed by atoms with Gasteiger partial charge in [-0.1, -0.05) is 66.7 Å². The maximum absolute atomic E-state index is 13.4. The van der Waals surface area contributed by atoms with Gasteiger partial charge in [0.05, 0.1) is 4.90 Å². The summed E-state index contributed by atoms with van der Waals surface area (Å²) in [6.07, 6.45) is 0. The van der Waals surface area contributed by atoms with E-state index < -0.39 is 16.1 Å². The number of carbonyl (C=O) groups excluding carboxylic acids is 1. The predicted molar refractivity (Wildman–Crippen MR) is 159 cm³/mol. The van der Waals surface area contributed by atoms with Gasteiger partial charge in [-0.2, -0.15) is 0 Å². The topological polar surface area (TPSA) is 113 Å². The van der Waals surface area contributed by atoms with Crippen LogP contribution in [-0.4, -0.2) is 24.5 Å². The van der Waals surface area contributed by atoms with Crippen LogP contribution in [0.1, 0.15) is 31.0 Å². The molecule has 3 N–H and O–H groups in total. The number of nitrogens with zero attached hydrogens (tertiary/aromatic N) is 2. The molecule has 1 aromatic heterocycles. The zero-order chi connectivity index (χ0) is 28.3. The molecular weight excluding hydrogens is 522 g/mol. The molecule has 0 radical (unpaired) electrons. The number of carbonyl (C=O) groups is 1. The summed E-state index contributed by atoms with van der Waals surface area (Å²) >= 11 is 0. The Morgan fingerprint density at radius 1 is 0.800 bits per heavy atom. The van der Waals surface area contributed by atoms with E-state index in [0.29, 0.717) is 28.3 Å². The van der Waals surface area contributed by atoms with Crippen molar-refractivity contribution < 1.29 is 13.2 Å². The number of anilines is 3. The van der Waals surface area contributed by atoms with E-state index >= 15 is 0 Å². The molecule has 1 heterocycles. The molecule has 0 aliphatic heterocycles. The average Bonchev–Trinajstić information content (AvgIpc) is 2.94. The number of hydrogen-bond acceptors (Lipinski definition) is 6. The zero-order valence-electron chi connectivity index (χ0n) is 22.3. The minimum atomic E-state index is -3.82. The van der Waals surface area contributed by atoms with E-state index in [1.807, 2.05) is 79.7 Å². The van der Waals surface area contributed by atoms with Crippen LogP contribution in [0.25, 0.3) is 22.0 Å². The van der Waals surface area contributed by atoms with Crippen LogP contribution in [0.2, 0.25) is 0 Å². The third kappa shape index (κ3) is 5.85. The Morgan fingerprint density at radius 3 is 2.15 bits per heavy atom. The second-order valence-electron chi connectivity index (χ2n) is 9.56. The van der Waals surface area contributed by atoms with E-state index in [4.69, 9.17) is 0 Å². The quantitative estimate of drug-likeness (QED) is 0.207. The van der Waals surface area contributed by atoms with Gasteiger partial charge < -0.3 is 10.6 Å². The lowest BCUT2D eigenvalue weighted by atomic mass is 10.0. The normalized spacial score (nSPS) is 12.2. The molecule has 1 atom stereocenters. The number of nitrogens with one attached hydrogen (secondary N) is 3. The first-order valence-corrected chi connectivity index (χ1v) is 14.3. The number of sulfonamides is 1. The molecule has 8 nitrogen and oxygen atoms in total. The highest BCUT2D eigenvalue weighted by molar-refractivity contribution is 7.89. The molecule has 5 rings (SSSR count). The first kappa shape index (κ1) is 27.0. The smallest absolute Gasteiger partial charge is 0.241 e. The second kappa shape index (κ2) is 11.3. The van der Waals surface area contributed by atoms with E-state index in [0.717, 1.165) is 22.0 Å². The summed E-state index contributed by atoms with van der Waals surface area (Å²) < 4.78 is 29.7. The minimum Gasteiger partial charge on any atom is -0.338 e. The molecular formula is C31H29N5O3S. The molecule has 1 amide bonds. The second-order valence-corrected chi connectivity index (χ2v) is 11.2. The molecule has 9 heteroatoms. The van der Waals surface area contributed by atoms with Crippen LogP contribution in [0.3, 0.4) is 0 Å². The lowest BCUT2D eigenvalue weighted by Gasteiger charge is -2.17. The Labute approximate surface area is 233 Å². The molecule has 40 heavy (non-hydrogen) atoms. The Hall–Kier alpha value is -4.60. The van der Waals surface area contributed by atoms with Crippen LogP contribution < -0.4 is 15.4 Å². The van der Waals surface area contributed by atoms with E-state index in [-0.39, 0.29) is 10.8 Å². The highest BCUT2D eigenvalue weighted by Gasteiger charge is 2.22. The molecule has 0 aliphatic carbocycles. The highest BCUT2D eigenvalue weighted by Crippen LogP contribution is 2.33. The first-order chi connectivity index (χ1) is 19.2. The lowest BCUT2D eigenvalue weighted by molar-refractivity contribution is -0.114. The Bertz CT molecular complexity index is 1790. The molecule has 5 aromatic rings. The average molecular weight is 552 g/mol. The van der Waals surface area contributed by atoms with Crippen LogP contribution in [0.15, 0.2) is 102 Å². The monoisotopic (exact) mass is 551 g/mol. The largest absolute Gasteiger partial charge is 0.338 e. The van der Waals surface area contributed by atoms with Crippen molar-refractivity contribution in [3.63, 3.8) is 0 Å². The van der Waals surface area contributed by atoms with Gasteiger partial charge in [-0.25, -0.2) is 13.1 Å². The van der Waals surface area contributed by atoms with E-state index in [1.165, 1.54) is 6.92 Å². The van der Waals surface area contributed by atoms with Crippen LogP contribution in [0, 0.1) is 6.92 Å². The number of fused-ring (bicyclic) bond motifs is 1. The van der Waals surface area contributed by atoms with Crippen molar-refractivity contribution in [3.8, 4) is 11.3 Å². The van der Waals surface area contributed by atoms with Gasteiger partial charge in [-0.05, 0) is 55.3 Å². The minimum absolute atomic E-state index is 0.137. The number of aryl methyl sites for hydroxylation is 1. The fraction of sp³-hybridized carbons (Fsp3) is 0.129. The van der Waals surface area contributed by atoms with Gasteiger partial charge in [0.2, 0.25) is 15.9 Å². The summed E-state index contributed by atoms with van der Waals surface area (Å²) in [6, 6.07) is 29.4. The molecule has 0 saturated carbocycles. The van der Waals surface area contributed by atoms with E-state index in [9.17, 15) is 13.2 Å². The summed E-state index contributed by atoms with van der Waals surface area (Å²) in [6.45, 7) is 5.06. The van der Waals surface area contributed by atoms with Gasteiger partial charge in [0.1, 0.15) is 5.69 Å². The van der Waals surface area contributed by atoms with Gasteiger partial charge >= 0.3 is 0 Å². The van der Waals surface area contributed by atoms with Crippen LogP contribution in [0.4, 0.5) is 17.2 Å². The fourth-order valence-corrected chi connectivity index (χ4v) is 6.03. The number of aromatic nitrogens is 2. The van der Waals surface area contributed by atoms with Crippen LogP contribution >= 0.6 is 0 Å². The van der Waals surface area contributed by atoms with Crippen molar-refractivity contribution in [2.24, 2.45) is 0 Å². The van der Waals surface area contributed by atoms with Gasteiger partial charge in [0.25, 0.3) is 0 Å². The number of amides is 1. The summed E-state index contributed by atoms with van der Waals surface area (Å²) in [4.78, 5) is 11.5. The van der Waals surface area contributed by atoms with Crippen LogP contribution in [0.5, 0.6) is 0 Å². The maximum atomic E-state index is 13.4. The number of rotatable bonds is 8. The molecule has 0 bridgehead atoms. The SMILES string of the molecule is CC(=O)Nc1ccc(Nc2nnc(-c3ccc(C)c(S(=O)(=O)N[C@@H](C)c4ccccc4)c3)c3ccccc23)cc1. The van der Waals surface area contributed by atoms with Gasteiger partial charge in [0.15, 0.2) is 5.82 Å². The first-order valence-electron chi connectivity index (χ1n) is 12.8. The molecule has 0 spiro atoms. The predicted octanol–water partition coefficient (Wildman–Crippen LogP) is 6.35. The summed E-state index contributed by atoms with van der Waals surface area (Å²) in [5, 5.41) is 16.7. The number of hydrogen-bond donors (Lipinski definition) is 3. The maximum Gasteiger partial charge on any atom is 0.241 e. The summed E-state index contributed by atoms with van der Waals surface area (Å²) in [5.41, 5.74) is 4.22. The third-order valence-corrected chi connectivity index (χ3v) is 8.22. The Morgan fingerprint density at radius 2 is 1.45 bits per heavy atom. The number of benzene rings is 4. The van der Waals surface area contributed by atoms with Crippen molar-refractivity contribution in [2.75, 3.05) is 10.6 Å². The molecule has 202 valence electrons. The van der Waals surface area contributed by atoms with Gasteiger partial charge in [-0.3, -0.25) is 4.79 Å². The Balaban J connectivity index is 1.48. The fourth-order valence-electron chi connectivity index (χ4n) is 4.53. The third-order valence-electron chi connectivity index (χ3n) is 6.54. The van der Waals surface area contributed by atoms with Crippen molar-refractivity contribution >= 4 is 43.9 Å². The summed E-state index contributed by atoms with van der Waals surface area (Å²) in [7, 11) is -3.82. The van der Waals surface area contributed by atoms with Crippen molar-refractivity contribution in [1.82, 2.24) is 14.9 Å².